The van der Waals surface area contributed by atoms with Crippen LogP contribution in [-0.4, -0.2) is 23.9 Å². The molecule has 0 amide bonds. The van der Waals surface area contributed by atoms with Gasteiger partial charge in [0, 0.05) is 12.1 Å². The number of aliphatic hydroxyl groups is 1. The summed E-state index contributed by atoms with van der Waals surface area (Å²) < 4.78 is 32.9. The second kappa shape index (κ2) is 3.11. The molecule has 0 aromatic rings. The number of nitrogens with two attached hydrogens (primary N) is 1. The van der Waals surface area contributed by atoms with Crippen LogP contribution in [0.2, 0.25) is 0 Å². The smallest absolute Gasteiger partial charge is 0.399 e. The minimum Gasteiger partial charge on any atom is -0.399 e. The lowest BCUT2D eigenvalue weighted by molar-refractivity contribution is -0.0932. The molecule has 0 aliphatic heterocycles. The van der Waals surface area contributed by atoms with E-state index in [2.05, 4.69) is 4.18 Å². The maximum absolute atomic E-state index is 10.3. The Bertz CT molecular complexity index is 357. The van der Waals surface area contributed by atoms with Crippen LogP contribution in [0.5, 0.6) is 0 Å². The molecule has 7 heteroatoms. The number of rotatable bonds is 2. The van der Waals surface area contributed by atoms with Crippen LogP contribution in [0.4, 0.5) is 0 Å². The van der Waals surface area contributed by atoms with Gasteiger partial charge in [0.25, 0.3) is 0 Å². The zero-order chi connectivity index (χ0) is 10.1. The van der Waals surface area contributed by atoms with Crippen LogP contribution in [0, 0.1) is 0 Å². The lowest BCUT2D eigenvalue weighted by Gasteiger charge is -2.23. The fraction of sp³-hybridized carbons (Fsp3) is 0.333. The first kappa shape index (κ1) is 10.2. The van der Waals surface area contributed by atoms with E-state index in [1.54, 1.807) is 0 Å². The lowest BCUT2D eigenvalue weighted by Crippen LogP contribution is -2.33. The van der Waals surface area contributed by atoms with E-state index >= 15 is 0 Å². The second-order valence-electron chi connectivity index (χ2n) is 2.60. The predicted molar refractivity (Wildman–Crippen MR) is 43.6 cm³/mol. The Morgan fingerprint density at radius 2 is 2.23 bits per heavy atom. The first-order chi connectivity index (χ1) is 5.81. The topological polar surface area (TPSA) is 110 Å². The zero-order valence-electron chi connectivity index (χ0n) is 6.54. The van der Waals surface area contributed by atoms with Crippen molar-refractivity contribution in [2.45, 2.75) is 12.2 Å². The van der Waals surface area contributed by atoms with Crippen molar-refractivity contribution in [2.75, 3.05) is 0 Å². The molecular weight excluding hydrogens is 198 g/mol. The van der Waals surface area contributed by atoms with Crippen LogP contribution < -0.4 is 5.73 Å². The molecular formula is C6H9NO5S. The molecule has 74 valence electrons. The molecule has 0 bridgehead atoms. The van der Waals surface area contributed by atoms with Crippen LogP contribution >= 0.6 is 0 Å². The van der Waals surface area contributed by atoms with Crippen LogP contribution in [0.25, 0.3) is 0 Å². The predicted octanol–water partition coefficient (Wildman–Crippen LogP) is -0.703. The summed E-state index contributed by atoms with van der Waals surface area (Å²) in [4.78, 5) is 0. The van der Waals surface area contributed by atoms with E-state index in [-0.39, 0.29) is 6.42 Å². The van der Waals surface area contributed by atoms with Gasteiger partial charge in [-0.15, -0.1) is 0 Å². The van der Waals surface area contributed by atoms with Gasteiger partial charge < -0.3 is 10.8 Å². The molecule has 0 saturated carbocycles. The minimum atomic E-state index is -4.67. The van der Waals surface area contributed by atoms with Gasteiger partial charge in [0.1, 0.15) is 0 Å². The molecule has 1 aliphatic rings. The third-order valence-corrected chi connectivity index (χ3v) is 1.92. The van der Waals surface area contributed by atoms with Gasteiger partial charge in [-0.25, -0.2) is 4.18 Å². The number of hydrogen-bond donors (Lipinski definition) is 3. The Morgan fingerprint density at radius 1 is 1.62 bits per heavy atom. The highest BCUT2D eigenvalue weighted by molar-refractivity contribution is 7.80. The van der Waals surface area contributed by atoms with E-state index < -0.39 is 16.2 Å². The van der Waals surface area contributed by atoms with Crippen LogP contribution in [0.1, 0.15) is 6.42 Å². The molecule has 0 heterocycles. The van der Waals surface area contributed by atoms with Crippen molar-refractivity contribution >= 4 is 10.4 Å². The van der Waals surface area contributed by atoms with Gasteiger partial charge in [-0.2, -0.15) is 8.42 Å². The van der Waals surface area contributed by atoms with Crippen molar-refractivity contribution in [3.8, 4) is 0 Å². The SMILES string of the molecule is NC1=CC[C@](O)(OS(=O)(=O)O)C=C1. The molecule has 0 spiro atoms. The third-order valence-electron chi connectivity index (χ3n) is 1.42. The summed E-state index contributed by atoms with van der Waals surface area (Å²) in [6.45, 7) is 0. The molecule has 6 nitrogen and oxygen atoms in total. The first-order valence-electron chi connectivity index (χ1n) is 3.36. The highest BCUT2D eigenvalue weighted by Gasteiger charge is 2.31. The number of hydrogen-bond acceptors (Lipinski definition) is 5. The Labute approximate surface area is 75.3 Å². The standard InChI is InChI=1S/C6H9NO5S/c7-5-1-3-6(8,4-2-5)12-13(9,10)11/h1-3,8H,4,7H2,(H,9,10,11)/t6-/m1/s1. The Morgan fingerprint density at radius 3 is 2.62 bits per heavy atom. The van der Waals surface area contributed by atoms with Crippen LogP contribution in [-0.2, 0) is 14.6 Å². The largest absolute Gasteiger partial charge is 0.400 e. The molecule has 13 heavy (non-hydrogen) atoms. The maximum atomic E-state index is 10.3. The summed E-state index contributed by atoms with van der Waals surface area (Å²) in [6, 6.07) is 0. The highest BCUT2D eigenvalue weighted by atomic mass is 32.3. The average molecular weight is 207 g/mol. The fourth-order valence-corrected chi connectivity index (χ4v) is 1.36. The summed E-state index contributed by atoms with van der Waals surface area (Å²) in [5.41, 5.74) is 5.71. The Hall–Kier alpha value is -0.890. The quantitative estimate of drug-likeness (QED) is 0.408. The lowest BCUT2D eigenvalue weighted by atomic mass is 10.1. The number of allylic oxidation sites excluding steroid dienone is 1. The maximum Gasteiger partial charge on any atom is 0.400 e. The molecule has 1 rings (SSSR count). The molecule has 0 radical (unpaired) electrons. The van der Waals surface area contributed by atoms with Crippen LogP contribution in [0.3, 0.4) is 0 Å². The molecule has 4 N–H and O–H groups in total. The molecule has 0 unspecified atom stereocenters. The van der Waals surface area contributed by atoms with Crippen LogP contribution in [0.15, 0.2) is 23.9 Å². The van der Waals surface area contributed by atoms with Gasteiger partial charge in [-0.1, -0.05) is 6.08 Å². The fourth-order valence-electron chi connectivity index (χ4n) is 0.871. The van der Waals surface area contributed by atoms with E-state index in [9.17, 15) is 13.5 Å². The monoisotopic (exact) mass is 207 g/mol. The molecule has 1 aliphatic carbocycles. The Kier molecular flexibility index (Phi) is 2.44. The average Bonchev–Trinajstić information content (AvgIpc) is 1.92. The van der Waals surface area contributed by atoms with Gasteiger partial charge >= 0.3 is 10.4 Å². The van der Waals surface area contributed by atoms with E-state index in [1.165, 1.54) is 12.2 Å². The van der Waals surface area contributed by atoms with Crippen molar-refractivity contribution in [1.82, 2.24) is 0 Å². The van der Waals surface area contributed by atoms with Crippen molar-refractivity contribution in [2.24, 2.45) is 5.73 Å². The molecule has 0 fully saturated rings. The van der Waals surface area contributed by atoms with Gasteiger partial charge in [0.2, 0.25) is 5.79 Å². The Balaban J connectivity index is 2.77. The van der Waals surface area contributed by atoms with Crippen molar-refractivity contribution in [3.05, 3.63) is 23.9 Å². The minimum absolute atomic E-state index is 0.130. The summed E-state index contributed by atoms with van der Waals surface area (Å²) >= 11 is 0. The van der Waals surface area contributed by atoms with E-state index in [0.717, 1.165) is 6.08 Å². The third kappa shape index (κ3) is 3.15. The summed E-state index contributed by atoms with van der Waals surface area (Å²) in [5, 5.41) is 9.38. The second-order valence-corrected chi connectivity index (χ2v) is 3.62. The van der Waals surface area contributed by atoms with Gasteiger partial charge in [-0.3, -0.25) is 4.55 Å². The highest BCUT2D eigenvalue weighted by Crippen LogP contribution is 2.22. The van der Waals surface area contributed by atoms with Gasteiger partial charge in [-0.05, 0) is 12.2 Å². The zero-order valence-corrected chi connectivity index (χ0v) is 7.36. The normalized spacial score (nSPS) is 28.6. The molecule has 0 aromatic carbocycles. The molecule has 0 saturated heterocycles. The van der Waals surface area contributed by atoms with Gasteiger partial charge in [0.05, 0.1) is 0 Å². The van der Waals surface area contributed by atoms with E-state index in [0.29, 0.717) is 5.70 Å². The van der Waals surface area contributed by atoms with Crippen molar-refractivity contribution in [1.29, 1.82) is 0 Å². The van der Waals surface area contributed by atoms with E-state index in [1.807, 2.05) is 0 Å². The van der Waals surface area contributed by atoms with Gasteiger partial charge in [0.15, 0.2) is 0 Å². The summed E-state index contributed by atoms with van der Waals surface area (Å²) in [7, 11) is -4.67. The van der Waals surface area contributed by atoms with Crippen molar-refractivity contribution in [3.63, 3.8) is 0 Å². The first-order valence-corrected chi connectivity index (χ1v) is 4.73. The summed E-state index contributed by atoms with van der Waals surface area (Å²) in [6.07, 6.45) is 3.59. The molecule has 0 aromatic heterocycles. The van der Waals surface area contributed by atoms with Crippen molar-refractivity contribution < 1.29 is 22.3 Å². The summed E-state index contributed by atoms with van der Waals surface area (Å²) in [5.74, 6) is -2.03. The molecule has 1 atom stereocenters. The van der Waals surface area contributed by atoms with E-state index in [4.69, 9.17) is 10.3 Å².